The first-order chi connectivity index (χ1) is 11.6. The number of carbonyl (C=O) groups is 1. The molecule has 0 saturated carbocycles. The molecule has 0 radical (unpaired) electrons. The van der Waals surface area contributed by atoms with Crippen molar-refractivity contribution < 1.29 is 9.53 Å². The predicted molar refractivity (Wildman–Crippen MR) is 104 cm³/mol. The summed E-state index contributed by atoms with van der Waals surface area (Å²) in [4.78, 5) is 11.7. The van der Waals surface area contributed by atoms with Crippen LogP contribution in [0.3, 0.4) is 0 Å². The van der Waals surface area contributed by atoms with Crippen LogP contribution in [-0.2, 0) is 8.87 Å². The zero-order chi connectivity index (χ0) is 17.0. The third kappa shape index (κ3) is 3.55. The average molecular weight is 357 g/mol. The molecule has 0 atom stereocenters. The maximum Gasteiger partial charge on any atom is 0.338 e. The Labute approximate surface area is 151 Å². The molecule has 1 fully saturated rings. The summed E-state index contributed by atoms with van der Waals surface area (Å²) in [6.45, 7) is 5.26. The largest absolute Gasteiger partial charge is 0.423 e. The lowest BCUT2D eigenvalue weighted by Gasteiger charge is -2.37. The van der Waals surface area contributed by atoms with Gasteiger partial charge in [0.1, 0.15) is 9.83 Å². The molecule has 2 aromatic carbocycles. The van der Waals surface area contributed by atoms with Crippen molar-refractivity contribution in [2.75, 3.05) is 11.5 Å². The molecular weight excluding hydrogens is 336 g/mol. The van der Waals surface area contributed by atoms with E-state index in [0.29, 0.717) is 11.3 Å². The van der Waals surface area contributed by atoms with E-state index in [9.17, 15) is 4.79 Å². The van der Waals surface area contributed by atoms with Crippen molar-refractivity contribution in [3.05, 3.63) is 77.9 Å². The number of rotatable bonds is 4. The molecule has 1 aliphatic rings. The standard InChI is InChI=1S/C20H20O2S2/c1-15(2)19(21)22-18-11-9-17(10-12-18)20(23-13-6-14-24-20)16-7-4-3-5-8-16/h3-5,7-12H,1,6,13-14H2,2H3. The van der Waals surface area contributed by atoms with E-state index in [0.717, 1.165) is 11.5 Å². The lowest BCUT2D eigenvalue weighted by atomic mass is 10.0. The van der Waals surface area contributed by atoms with Gasteiger partial charge in [0, 0.05) is 5.57 Å². The summed E-state index contributed by atoms with van der Waals surface area (Å²) < 4.78 is 5.22. The second-order valence-corrected chi connectivity index (χ2v) is 8.60. The quantitative estimate of drug-likeness (QED) is 0.425. The van der Waals surface area contributed by atoms with Gasteiger partial charge in [-0.05, 0) is 48.1 Å². The second kappa shape index (κ2) is 7.49. The van der Waals surface area contributed by atoms with Crippen molar-refractivity contribution >= 4 is 29.5 Å². The molecule has 124 valence electrons. The van der Waals surface area contributed by atoms with Crippen molar-refractivity contribution in [1.82, 2.24) is 0 Å². The molecule has 1 heterocycles. The van der Waals surface area contributed by atoms with E-state index in [2.05, 4.69) is 49.0 Å². The number of benzene rings is 2. The molecule has 1 saturated heterocycles. The number of thioether (sulfide) groups is 2. The van der Waals surface area contributed by atoms with Crippen molar-refractivity contribution in [3.63, 3.8) is 0 Å². The topological polar surface area (TPSA) is 26.3 Å². The van der Waals surface area contributed by atoms with Crippen LogP contribution in [0.4, 0.5) is 0 Å². The van der Waals surface area contributed by atoms with Crippen LogP contribution in [-0.4, -0.2) is 17.5 Å². The van der Waals surface area contributed by atoms with E-state index >= 15 is 0 Å². The smallest absolute Gasteiger partial charge is 0.338 e. The minimum Gasteiger partial charge on any atom is -0.423 e. The number of hydrogen-bond acceptors (Lipinski definition) is 4. The number of esters is 1. The summed E-state index contributed by atoms with van der Waals surface area (Å²) in [5, 5.41) is 0. The Morgan fingerprint density at radius 3 is 2.17 bits per heavy atom. The fraction of sp³-hybridized carbons (Fsp3) is 0.250. The maximum absolute atomic E-state index is 11.7. The van der Waals surface area contributed by atoms with E-state index in [1.165, 1.54) is 17.5 Å². The molecule has 0 amide bonds. The first-order valence-corrected chi connectivity index (χ1v) is 9.90. The lowest BCUT2D eigenvalue weighted by Crippen LogP contribution is -2.24. The van der Waals surface area contributed by atoms with Crippen molar-refractivity contribution in [1.29, 1.82) is 0 Å². The minimum atomic E-state index is -0.387. The van der Waals surface area contributed by atoms with E-state index in [4.69, 9.17) is 4.74 Å². The minimum absolute atomic E-state index is 0.0869. The molecule has 0 spiro atoms. The molecule has 0 bridgehead atoms. The SMILES string of the molecule is C=C(C)C(=O)Oc1ccc(C2(c3ccccc3)SCCCS2)cc1. The third-order valence-electron chi connectivity index (χ3n) is 3.85. The highest BCUT2D eigenvalue weighted by atomic mass is 32.2. The van der Waals surface area contributed by atoms with Crippen LogP contribution in [0.15, 0.2) is 66.7 Å². The van der Waals surface area contributed by atoms with Crippen LogP contribution in [0, 0.1) is 0 Å². The van der Waals surface area contributed by atoms with Gasteiger partial charge in [0.05, 0.1) is 0 Å². The molecule has 2 nitrogen and oxygen atoms in total. The normalized spacial score (nSPS) is 16.4. The Morgan fingerprint density at radius 2 is 1.58 bits per heavy atom. The molecule has 2 aromatic rings. The highest BCUT2D eigenvalue weighted by Gasteiger charge is 2.37. The molecule has 1 aliphatic heterocycles. The highest BCUT2D eigenvalue weighted by molar-refractivity contribution is 8.18. The highest BCUT2D eigenvalue weighted by Crippen LogP contribution is 2.54. The van der Waals surface area contributed by atoms with E-state index in [1.54, 1.807) is 6.92 Å². The van der Waals surface area contributed by atoms with Gasteiger partial charge in [-0.1, -0.05) is 49.0 Å². The van der Waals surface area contributed by atoms with Gasteiger partial charge in [-0.25, -0.2) is 4.79 Å². The predicted octanol–water partition coefficient (Wildman–Crippen LogP) is 5.24. The van der Waals surface area contributed by atoms with Crippen LogP contribution in [0.5, 0.6) is 5.75 Å². The summed E-state index contributed by atoms with van der Waals surface area (Å²) in [5.41, 5.74) is 2.95. The Balaban J connectivity index is 1.92. The third-order valence-corrected chi connectivity index (χ3v) is 7.30. The Kier molecular flexibility index (Phi) is 5.36. The van der Waals surface area contributed by atoms with E-state index < -0.39 is 0 Å². The first kappa shape index (κ1) is 17.2. The van der Waals surface area contributed by atoms with Gasteiger partial charge in [-0.2, -0.15) is 0 Å². The van der Waals surface area contributed by atoms with Gasteiger partial charge in [0.25, 0.3) is 0 Å². The second-order valence-electron chi connectivity index (χ2n) is 5.73. The molecule has 0 aliphatic carbocycles. The molecule has 0 aromatic heterocycles. The summed E-state index contributed by atoms with van der Waals surface area (Å²) in [5.74, 6) is 2.46. The zero-order valence-corrected chi connectivity index (χ0v) is 15.3. The van der Waals surface area contributed by atoms with Crippen molar-refractivity contribution in [2.24, 2.45) is 0 Å². The summed E-state index contributed by atoms with van der Waals surface area (Å²) in [7, 11) is 0. The van der Waals surface area contributed by atoms with E-state index in [1.807, 2.05) is 35.7 Å². The summed E-state index contributed by atoms with van der Waals surface area (Å²) >= 11 is 3.97. The van der Waals surface area contributed by atoms with Crippen molar-refractivity contribution in [3.8, 4) is 5.75 Å². The molecule has 24 heavy (non-hydrogen) atoms. The van der Waals surface area contributed by atoms with Gasteiger partial charge in [0.15, 0.2) is 0 Å². The van der Waals surface area contributed by atoms with Gasteiger partial charge in [-0.15, -0.1) is 23.5 Å². The Morgan fingerprint density at radius 1 is 1.00 bits per heavy atom. The first-order valence-electron chi connectivity index (χ1n) is 7.93. The number of ether oxygens (including phenoxy) is 1. The molecule has 4 heteroatoms. The van der Waals surface area contributed by atoms with E-state index in [-0.39, 0.29) is 10.0 Å². The van der Waals surface area contributed by atoms with Gasteiger partial charge in [0.2, 0.25) is 0 Å². The van der Waals surface area contributed by atoms with Gasteiger partial charge in [-0.3, -0.25) is 0 Å². The van der Waals surface area contributed by atoms with Crippen molar-refractivity contribution in [2.45, 2.75) is 17.4 Å². The number of hydrogen-bond donors (Lipinski definition) is 0. The van der Waals surface area contributed by atoms with Crippen LogP contribution in [0.25, 0.3) is 0 Å². The summed E-state index contributed by atoms with van der Waals surface area (Å²) in [6.07, 6.45) is 1.23. The Bertz CT molecular complexity index is 717. The summed E-state index contributed by atoms with van der Waals surface area (Å²) in [6, 6.07) is 18.5. The fourth-order valence-corrected chi connectivity index (χ4v) is 6.01. The fourth-order valence-electron chi connectivity index (χ4n) is 2.63. The lowest BCUT2D eigenvalue weighted by molar-refractivity contribution is -0.130. The molecule has 3 rings (SSSR count). The van der Waals surface area contributed by atoms with Crippen LogP contribution in [0.1, 0.15) is 24.5 Å². The molecular formula is C20H20O2S2. The van der Waals surface area contributed by atoms with Gasteiger partial charge < -0.3 is 4.74 Å². The Hall–Kier alpha value is -1.65. The average Bonchev–Trinajstić information content (AvgIpc) is 2.63. The maximum atomic E-state index is 11.7. The van der Waals surface area contributed by atoms with Crippen LogP contribution in [0.2, 0.25) is 0 Å². The van der Waals surface area contributed by atoms with Gasteiger partial charge >= 0.3 is 5.97 Å². The van der Waals surface area contributed by atoms with Crippen LogP contribution >= 0.6 is 23.5 Å². The molecule has 0 unspecified atom stereocenters. The zero-order valence-electron chi connectivity index (χ0n) is 13.7. The van der Waals surface area contributed by atoms with Crippen LogP contribution < -0.4 is 4.74 Å². The monoisotopic (exact) mass is 356 g/mol. The number of carbonyl (C=O) groups excluding carboxylic acids is 1. The molecule has 0 N–H and O–H groups in total.